The predicted molar refractivity (Wildman–Crippen MR) is 123 cm³/mol. The Balaban J connectivity index is 1.21. The number of hydrogen-bond acceptors (Lipinski definition) is 5. The monoisotopic (exact) mass is 501 g/mol. The molecule has 0 aromatic heterocycles. The van der Waals surface area contributed by atoms with Gasteiger partial charge in [-0.05, 0) is 61.5 Å². The molecule has 3 aliphatic rings. The zero-order valence-electron chi connectivity index (χ0n) is 19.5. The van der Waals surface area contributed by atoms with Gasteiger partial charge in [0, 0.05) is 30.6 Å². The minimum Gasteiger partial charge on any atom is -0.405 e. The molecule has 10 heteroatoms. The van der Waals surface area contributed by atoms with Gasteiger partial charge in [0.25, 0.3) is 5.91 Å². The first-order valence-electron chi connectivity index (χ1n) is 12.0. The summed E-state index contributed by atoms with van der Waals surface area (Å²) in [5, 5.41) is 2.31. The van der Waals surface area contributed by atoms with Crippen molar-refractivity contribution in [3.63, 3.8) is 0 Å². The van der Waals surface area contributed by atoms with E-state index in [1.807, 2.05) is 18.2 Å². The van der Waals surface area contributed by atoms with E-state index in [1.165, 1.54) is 12.1 Å². The van der Waals surface area contributed by atoms with Crippen LogP contribution in [-0.2, 0) is 22.7 Å². The SMILES string of the molecule is O=C1CCC(N2Cc3cc(C4CCN(Cc5ccccc5OC(F)(F)F)CC4)ccc3C2=O)C(=O)N1. The standard InChI is InChI=1S/C26H26F3N3O4/c27-26(28,29)36-22-4-2-1-3-18(22)14-31-11-9-16(10-12-31)17-5-6-20-19(13-17)15-32(25(20)35)21-7-8-23(33)30-24(21)34/h1-6,13,16,21H,7-12,14-15H2,(H,30,33,34). The minimum absolute atomic E-state index is 0.170. The van der Waals surface area contributed by atoms with Crippen molar-refractivity contribution < 1.29 is 32.3 Å². The highest BCUT2D eigenvalue weighted by Gasteiger charge is 2.39. The van der Waals surface area contributed by atoms with Gasteiger partial charge in [-0.1, -0.05) is 30.3 Å². The van der Waals surface area contributed by atoms with Gasteiger partial charge in [0.1, 0.15) is 11.8 Å². The highest BCUT2D eigenvalue weighted by molar-refractivity contribution is 6.05. The number of hydrogen-bond donors (Lipinski definition) is 1. The molecule has 1 unspecified atom stereocenters. The van der Waals surface area contributed by atoms with E-state index in [1.54, 1.807) is 17.0 Å². The summed E-state index contributed by atoms with van der Waals surface area (Å²) >= 11 is 0. The number of rotatable bonds is 5. The fourth-order valence-corrected chi connectivity index (χ4v) is 5.37. The number of nitrogens with one attached hydrogen (secondary N) is 1. The number of nitrogens with zero attached hydrogens (tertiary/aromatic N) is 2. The summed E-state index contributed by atoms with van der Waals surface area (Å²) in [4.78, 5) is 40.3. The predicted octanol–water partition coefficient (Wildman–Crippen LogP) is 3.73. The highest BCUT2D eigenvalue weighted by Crippen LogP contribution is 2.35. The van der Waals surface area contributed by atoms with Gasteiger partial charge in [0.15, 0.2) is 0 Å². The van der Waals surface area contributed by atoms with E-state index < -0.39 is 18.3 Å². The lowest BCUT2D eigenvalue weighted by Crippen LogP contribution is -2.52. The Labute approximate surface area is 206 Å². The van der Waals surface area contributed by atoms with Crippen molar-refractivity contribution in [3.8, 4) is 5.75 Å². The third-order valence-electron chi connectivity index (χ3n) is 7.20. The zero-order valence-corrected chi connectivity index (χ0v) is 19.5. The van der Waals surface area contributed by atoms with E-state index in [9.17, 15) is 27.6 Å². The molecule has 0 aliphatic carbocycles. The van der Waals surface area contributed by atoms with Gasteiger partial charge in [0.05, 0.1) is 0 Å². The van der Waals surface area contributed by atoms with E-state index in [4.69, 9.17) is 0 Å². The van der Waals surface area contributed by atoms with E-state index in [0.29, 0.717) is 30.6 Å². The smallest absolute Gasteiger partial charge is 0.405 e. The summed E-state index contributed by atoms with van der Waals surface area (Å²) in [6.45, 7) is 2.16. The van der Waals surface area contributed by atoms with Gasteiger partial charge in [-0.25, -0.2) is 0 Å². The van der Waals surface area contributed by atoms with Gasteiger partial charge in [-0.3, -0.25) is 24.6 Å². The number of ether oxygens (including phenoxy) is 1. The van der Waals surface area contributed by atoms with Gasteiger partial charge in [0.2, 0.25) is 11.8 Å². The maximum Gasteiger partial charge on any atom is 0.573 e. The number of halogens is 3. The Kier molecular flexibility index (Phi) is 6.46. The number of carbonyl (C=O) groups excluding carboxylic acids is 3. The molecule has 0 saturated carbocycles. The number of fused-ring (bicyclic) bond motifs is 1. The number of amides is 3. The van der Waals surface area contributed by atoms with Gasteiger partial charge in [-0.2, -0.15) is 0 Å². The van der Waals surface area contributed by atoms with Crippen LogP contribution in [0.3, 0.4) is 0 Å². The Hall–Kier alpha value is -3.40. The van der Waals surface area contributed by atoms with Crippen LogP contribution in [0.2, 0.25) is 0 Å². The molecule has 3 heterocycles. The summed E-state index contributed by atoms with van der Waals surface area (Å²) in [7, 11) is 0. The molecular formula is C26H26F3N3O4. The zero-order chi connectivity index (χ0) is 25.4. The largest absolute Gasteiger partial charge is 0.573 e. The summed E-state index contributed by atoms with van der Waals surface area (Å²) in [6.07, 6.45) is -2.51. The van der Waals surface area contributed by atoms with Gasteiger partial charge >= 0.3 is 6.36 Å². The maximum absolute atomic E-state index is 12.9. The van der Waals surface area contributed by atoms with Crippen LogP contribution in [0.4, 0.5) is 13.2 Å². The first-order chi connectivity index (χ1) is 17.2. The molecule has 0 spiro atoms. The van der Waals surface area contributed by atoms with Crippen LogP contribution >= 0.6 is 0 Å². The molecule has 1 atom stereocenters. The molecule has 0 radical (unpaired) electrons. The lowest BCUT2D eigenvalue weighted by atomic mass is 9.87. The number of likely N-dealkylation sites (tertiary alicyclic amines) is 1. The van der Waals surface area contributed by atoms with Crippen molar-refractivity contribution in [2.45, 2.75) is 57.1 Å². The number of benzene rings is 2. The van der Waals surface area contributed by atoms with Gasteiger partial charge in [-0.15, -0.1) is 13.2 Å². The molecular weight excluding hydrogens is 475 g/mol. The molecule has 1 N–H and O–H groups in total. The summed E-state index contributed by atoms with van der Waals surface area (Å²) in [5.41, 5.74) is 3.08. The Morgan fingerprint density at radius 1 is 1.00 bits per heavy atom. The first kappa shape index (κ1) is 24.3. The van der Waals surface area contributed by atoms with E-state index in [0.717, 1.165) is 37.1 Å². The van der Waals surface area contributed by atoms with Crippen molar-refractivity contribution in [3.05, 3.63) is 64.7 Å². The number of piperidine rings is 2. The maximum atomic E-state index is 12.9. The molecule has 2 aromatic carbocycles. The van der Waals surface area contributed by atoms with Crippen LogP contribution in [0.1, 0.15) is 58.6 Å². The summed E-state index contributed by atoms with van der Waals surface area (Å²) in [6, 6.07) is 11.4. The Morgan fingerprint density at radius 3 is 2.47 bits per heavy atom. The highest BCUT2D eigenvalue weighted by atomic mass is 19.4. The Morgan fingerprint density at radius 2 is 1.75 bits per heavy atom. The topological polar surface area (TPSA) is 79.0 Å². The molecule has 0 bridgehead atoms. The fourth-order valence-electron chi connectivity index (χ4n) is 5.37. The van der Waals surface area contributed by atoms with E-state index in [-0.39, 0.29) is 29.9 Å². The van der Waals surface area contributed by atoms with E-state index in [2.05, 4.69) is 15.0 Å². The van der Waals surface area contributed by atoms with Gasteiger partial charge < -0.3 is 9.64 Å². The number of alkyl halides is 3. The minimum atomic E-state index is -4.73. The third-order valence-corrected chi connectivity index (χ3v) is 7.20. The van der Waals surface area contributed by atoms with Crippen LogP contribution in [0.15, 0.2) is 42.5 Å². The summed E-state index contributed by atoms with van der Waals surface area (Å²) < 4.78 is 42.4. The molecule has 2 fully saturated rings. The van der Waals surface area contributed by atoms with Crippen LogP contribution in [0.5, 0.6) is 5.75 Å². The van der Waals surface area contributed by atoms with Crippen LogP contribution in [-0.4, -0.2) is 53.0 Å². The third kappa shape index (κ3) is 5.09. The lowest BCUT2D eigenvalue weighted by Gasteiger charge is -2.32. The van der Waals surface area contributed by atoms with Crippen molar-refractivity contribution in [1.82, 2.24) is 15.1 Å². The van der Waals surface area contributed by atoms with Crippen molar-refractivity contribution in [1.29, 1.82) is 0 Å². The molecule has 2 aromatic rings. The molecule has 3 aliphatic heterocycles. The van der Waals surface area contributed by atoms with E-state index >= 15 is 0 Å². The van der Waals surface area contributed by atoms with Crippen molar-refractivity contribution >= 4 is 17.7 Å². The quantitative estimate of drug-likeness (QED) is 0.632. The first-order valence-corrected chi connectivity index (χ1v) is 12.0. The second-order valence-electron chi connectivity index (χ2n) is 9.52. The average Bonchev–Trinajstić information content (AvgIpc) is 3.15. The number of carbonyl (C=O) groups is 3. The van der Waals surface area contributed by atoms with Crippen LogP contribution in [0.25, 0.3) is 0 Å². The second kappa shape index (κ2) is 9.57. The second-order valence-corrected chi connectivity index (χ2v) is 9.52. The van der Waals surface area contributed by atoms with Crippen LogP contribution < -0.4 is 10.1 Å². The Bertz CT molecular complexity index is 1190. The molecule has 3 amide bonds. The average molecular weight is 502 g/mol. The van der Waals surface area contributed by atoms with Crippen LogP contribution in [0, 0.1) is 0 Å². The molecule has 36 heavy (non-hydrogen) atoms. The molecule has 190 valence electrons. The van der Waals surface area contributed by atoms with Crippen molar-refractivity contribution in [2.75, 3.05) is 13.1 Å². The summed E-state index contributed by atoms with van der Waals surface area (Å²) in [5.74, 6) is -0.836. The molecule has 5 rings (SSSR count). The molecule has 2 saturated heterocycles. The number of para-hydroxylation sites is 1. The lowest BCUT2D eigenvalue weighted by molar-refractivity contribution is -0.275. The van der Waals surface area contributed by atoms with Crippen molar-refractivity contribution in [2.24, 2.45) is 0 Å². The molecule has 7 nitrogen and oxygen atoms in total. The number of imide groups is 1. The fraction of sp³-hybridized carbons (Fsp3) is 0.423. The normalized spacial score (nSPS) is 21.5.